The van der Waals surface area contributed by atoms with Crippen molar-refractivity contribution in [2.24, 2.45) is 5.73 Å². The number of rotatable bonds is 8. The van der Waals surface area contributed by atoms with E-state index in [0.717, 1.165) is 60.1 Å². The van der Waals surface area contributed by atoms with Crippen LogP contribution in [-0.2, 0) is 4.74 Å². The molecule has 0 saturated carbocycles. The Balaban J connectivity index is 1.42. The number of nitrogen functional groups attached to an aromatic ring is 1. The van der Waals surface area contributed by atoms with Crippen LogP contribution in [0.3, 0.4) is 0 Å². The van der Waals surface area contributed by atoms with Crippen LogP contribution in [0.1, 0.15) is 0 Å². The van der Waals surface area contributed by atoms with Gasteiger partial charge in [0.05, 0.1) is 50.9 Å². The molecule has 36 heavy (non-hydrogen) atoms. The third kappa shape index (κ3) is 4.97. The van der Waals surface area contributed by atoms with Crippen molar-refractivity contribution in [3.05, 3.63) is 42.9 Å². The summed E-state index contributed by atoms with van der Waals surface area (Å²) in [5, 5.41) is 2.55. The molecule has 0 amide bonds. The molecule has 1 aliphatic heterocycles. The quantitative estimate of drug-likeness (QED) is 0.355. The zero-order valence-electron chi connectivity index (χ0n) is 20.4. The van der Waals surface area contributed by atoms with Gasteiger partial charge in [-0.05, 0) is 23.6 Å². The van der Waals surface area contributed by atoms with Crippen LogP contribution < -0.4 is 25.7 Å². The lowest BCUT2D eigenvalue weighted by molar-refractivity contribution is 0.0330. The number of fused-ring (bicyclic) bond motifs is 3. The van der Waals surface area contributed by atoms with Crippen LogP contribution in [0.15, 0.2) is 42.9 Å². The van der Waals surface area contributed by atoms with Gasteiger partial charge in [-0.1, -0.05) is 0 Å². The van der Waals surface area contributed by atoms with Crippen molar-refractivity contribution in [1.29, 1.82) is 0 Å². The summed E-state index contributed by atoms with van der Waals surface area (Å²) in [6, 6.07) is 7.51. The molecule has 4 heterocycles. The van der Waals surface area contributed by atoms with Crippen molar-refractivity contribution in [3.8, 4) is 28.5 Å². The van der Waals surface area contributed by atoms with Gasteiger partial charge in [0.15, 0.2) is 11.5 Å². The van der Waals surface area contributed by atoms with E-state index in [1.165, 1.54) is 0 Å². The first kappa shape index (κ1) is 24.0. The Kier molecular flexibility index (Phi) is 6.99. The average molecular weight is 491 g/mol. The standard InChI is InChI=1S/C26H30N6O4/c1-33-24-9-20-19-8-22(31-26(28)21(19)13-30-23(20)10-25(24)34-2)16-7-18(12-29-11-16)36-15-17(27)14-32-3-5-35-6-4-32/h7-13,17H,3-6,14-15,27H2,1-2H3,(H2,28,31)/t17-/m0/s1. The highest BCUT2D eigenvalue weighted by Crippen LogP contribution is 2.37. The normalized spacial score (nSPS) is 15.2. The van der Waals surface area contributed by atoms with E-state index in [4.69, 9.17) is 30.4 Å². The first-order chi connectivity index (χ1) is 17.6. The molecule has 1 saturated heterocycles. The van der Waals surface area contributed by atoms with E-state index in [2.05, 4.69) is 19.9 Å². The molecule has 4 N–H and O–H groups in total. The Morgan fingerprint density at radius 3 is 2.53 bits per heavy atom. The van der Waals surface area contributed by atoms with Gasteiger partial charge in [0.25, 0.3) is 0 Å². The summed E-state index contributed by atoms with van der Waals surface area (Å²) in [5.74, 6) is 2.23. The fourth-order valence-corrected chi connectivity index (χ4v) is 4.42. The second-order valence-electron chi connectivity index (χ2n) is 8.73. The second kappa shape index (κ2) is 10.5. The Labute approximate surface area is 209 Å². The molecule has 10 nitrogen and oxygen atoms in total. The molecule has 1 atom stereocenters. The number of benzene rings is 1. The molecule has 4 aromatic rings. The van der Waals surface area contributed by atoms with Gasteiger partial charge in [0.2, 0.25) is 0 Å². The van der Waals surface area contributed by atoms with Crippen LogP contribution in [-0.4, -0.2) is 79.6 Å². The summed E-state index contributed by atoms with van der Waals surface area (Å²) in [6.45, 7) is 4.41. The molecule has 0 aliphatic carbocycles. The van der Waals surface area contributed by atoms with Crippen LogP contribution in [0.25, 0.3) is 32.9 Å². The average Bonchev–Trinajstić information content (AvgIpc) is 2.91. The van der Waals surface area contributed by atoms with E-state index in [9.17, 15) is 0 Å². The van der Waals surface area contributed by atoms with Gasteiger partial charge in [0, 0.05) is 54.4 Å². The maximum atomic E-state index is 6.35. The van der Waals surface area contributed by atoms with Gasteiger partial charge in [-0.3, -0.25) is 14.9 Å². The number of aromatic nitrogens is 3. The predicted molar refractivity (Wildman–Crippen MR) is 139 cm³/mol. The van der Waals surface area contributed by atoms with Crippen LogP contribution in [0.4, 0.5) is 5.82 Å². The third-order valence-corrected chi connectivity index (χ3v) is 6.28. The largest absolute Gasteiger partial charge is 0.493 e. The van der Waals surface area contributed by atoms with E-state index >= 15 is 0 Å². The van der Waals surface area contributed by atoms with Crippen molar-refractivity contribution in [3.63, 3.8) is 0 Å². The molecule has 0 spiro atoms. The first-order valence-corrected chi connectivity index (χ1v) is 11.8. The van der Waals surface area contributed by atoms with Crippen molar-refractivity contribution in [2.45, 2.75) is 6.04 Å². The molecular weight excluding hydrogens is 460 g/mol. The number of nitrogens with two attached hydrogens (primary N) is 2. The number of hydrogen-bond donors (Lipinski definition) is 2. The van der Waals surface area contributed by atoms with Gasteiger partial charge in [0.1, 0.15) is 18.2 Å². The van der Waals surface area contributed by atoms with Gasteiger partial charge in [-0.2, -0.15) is 0 Å². The number of methoxy groups -OCH3 is 2. The highest BCUT2D eigenvalue weighted by atomic mass is 16.5. The Morgan fingerprint density at radius 2 is 1.75 bits per heavy atom. The van der Waals surface area contributed by atoms with E-state index in [1.807, 2.05) is 24.3 Å². The summed E-state index contributed by atoms with van der Waals surface area (Å²) >= 11 is 0. The maximum Gasteiger partial charge on any atom is 0.162 e. The Morgan fingerprint density at radius 1 is 0.972 bits per heavy atom. The minimum Gasteiger partial charge on any atom is -0.493 e. The van der Waals surface area contributed by atoms with Crippen LogP contribution in [0.2, 0.25) is 0 Å². The smallest absolute Gasteiger partial charge is 0.162 e. The number of nitrogens with zero attached hydrogens (tertiary/aromatic N) is 4. The second-order valence-corrected chi connectivity index (χ2v) is 8.73. The molecule has 5 rings (SSSR count). The maximum absolute atomic E-state index is 6.35. The van der Waals surface area contributed by atoms with Gasteiger partial charge >= 0.3 is 0 Å². The number of morpholine rings is 1. The molecule has 0 radical (unpaired) electrons. The fraction of sp³-hybridized carbons (Fsp3) is 0.346. The molecule has 10 heteroatoms. The number of hydrogen-bond acceptors (Lipinski definition) is 10. The predicted octanol–water partition coefficient (Wildman–Crippen LogP) is 2.48. The Hall–Kier alpha value is -3.73. The molecule has 1 aromatic carbocycles. The van der Waals surface area contributed by atoms with Crippen LogP contribution in [0, 0.1) is 0 Å². The van der Waals surface area contributed by atoms with E-state index in [1.54, 1.807) is 32.8 Å². The van der Waals surface area contributed by atoms with Crippen molar-refractivity contribution < 1.29 is 18.9 Å². The minimum atomic E-state index is -0.118. The number of pyridine rings is 3. The van der Waals surface area contributed by atoms with Gasteiger partial charge in [-0.15, -0.1) is 0 Å². The molecule has 3 aromatic heterocycles. The summed E-state index contributed by atoms with van der Waals surface area (Å²) in [6.07, 6.45) is 5.14. The van der Waals surface area contributed by atoms with Crippen LogP contribution >= 0.6 is 0 Å². The monoisotopic (exact) mass is 490 g/mol. The lowest BCUT2D eigenvalue weighted by Crippen LogP contribution is -2.45. The number of ether oxygens (including phenoxy) is 4. The van der Waals surface area contributed by atoms with E-state index in [0.29, 0.717) is 35.4 Å². The van der Waals surface area contributed by atoms with E-state index < -0.39 is 0 Å². The fourth-order valence-electron chi connectivity index (χ4n) is 4.42. The zero-order chi connectivity index (χ0) is 25.1. The summed E-state index contributed by atoms with van der Waals surface area (Å²) in [4.78, 5) is 15.8. The summed E-state index contributed by atoms with van der Waals surface area (Å²) in [5.41, 5.74) is 14.9. The van der Waals surface area contributed by atoms with Crippen molar-refractivity contribution >= 4 is 27.5 Å². The topological polar surface area (TPSA) is 131 Å². The molecule has 1 aliphatic rings. The summed E-state index contributed by atoms with van der Waals surface area (Å²) < 4.78 is 22.3. The molecule has 0 unspecified atom stereocenters. The van der Waals surface area contributed by atoms with Crippen molar-refractivity contribution in [1.82, 2.24) is 19.9 Å². The first-order valence-electron chi connectivity index (χ1n) is 11.8. The van der Waals surface area contributed by atoms with Gasteiger partial charge < -0.3 is 30.4 Å². The molecule has 188 valence electrons. The molecular formula is C26H30N6O4. The highest BCUT2D eigenvalue weighted by Gasteiger charge is 2.16. The van der Waals surface area contributed by atoms with Crippen LogP contribution in [0.5, 0.6) is 17.2 Å². The lowest BCUT2D eigenvalue weighted by atomic mass is 10.0. The third-order valence-electron chi connectivity index (χ3n) is 6.28. The summed E-state index contributed by atoms with van der Waals surface area (Å²) in [7, 11) is 3.20. The van der Waals surface area contributed by atoms with E-state index in [-0.39, 0.29) is 6.04 Å². The number of anilines is 1. The lowest BCUT2D eigenvalue weighted by Gasteiger charge is -2.28. The SMILES string of the molecule is COc1cc2ncc3c(N)nc(-c4cncc(OC[C@@H](N)CN5CCOCC5)c4)cc3c2cc1OC. The molecule has 1 fully saturated rings. The highest BCUT2D eigenvalue weighted by molar-refractivity contribution is 6.10. The Bertz CT molecular complexity index is 1380. The van der Waals surface area contributed by atoms with Gasteiger partial charge in [-0.25, -0.2) is 4.98 Å². The zero-order valence-corrected chi connectivity index (χ0v) is 20.4. The minimum absolute atomic E-state index is 0.118. The molecule has 0 bridgehead atoms. The van der Waals surface area contributed by atoms with Crippen molar-refractivity contribution in [2.75, 3.05) is 59.4 Å².